The second-order valence-corrected chi connectivity index (χ2v) is 5.33. The average Bonchev–Trinajstić information content (AvgIpc) is 2.26. The first kappa shape index (κ1) is 15.5. The predicted molar refractivity (Wildman–Crippen MR) is 58.3 cm³/mol. The lowest BCUT2D eigenvalue weighted by Gasteiger charge is -2.21. The van der Waals surface area contributed by atoms with Crippen molar-refractivity contribution < 1.29 is 37.8 Å². The lowest BCUT2D eigenvalue weighted by molar-refractivity contribution is -0.536. The van der Waals surface area contributed by atoms with Gasteiger partial charge in [0, 0.05) is 11.0 Å². The Kier molecular flexibility index (Phi) is 3.52. The summed E-state index contributed by atoms with van der Waals surface area (Å²) in [6.07, 6.45) is -1.57. The number of nitrogens with zero attached hydrogens (tertiary/aromatic N) is 2. The zero-order chi connectivity index (χ0) is 15.9. The van der Waals surface area contributed by atoms with Crippen molar-refractivity contribution in [2.45, 2.75) is 11.3 Å². The molecule has 1 unspecified atom stereocenters. The zero-order valence-corrected chi connectivity index (χ0v) is 10.1. The Morgan fingerprint density at radius 2 is 1.85 bits per heavy atom. The summed E-state index contributed by atoms with van der Waals surface area (Å²) >= 11 is 0. The van der Waals surface area contributed by atoms with Crippen LogP contribution in [0.2, 0.25) is 0 Å². The fourth-order valence-electron chi connectivity index (χ4n) is 1.52. The highest BCUT2D eigenvalue weighted by atomic mass is 32.2. The summed E-state index contributed by atoms with van der Waals surface area (Å²) in [6.45, 7) is 0. The van der Waals surface area contributed by atoms with Gasteiger partial charge in [0.2, 0.25) is 5.76 Å². The summed E-state index contributed by atoms with van der Waals surface area (Å²) in [5.74, 6) is -3.44. The number of aliphatic hydroxyl groups excluding tert-OH is 1. The van der Waals surface area contributed by atoms with Crippen LogP contribution in [0.4, 0.5) is 0 Å². The molecule has 0 saturated carbocycles. The maximum Gasteiger partial charge on any atom is 0.372 e. The summed E-state index contributed by atoms with van der Waals surface area (Å²) in [4.78, 5) is 25.9. The molecule has 0 radical (unpaired) electrons. The minimum Gasteiger partial charge on any atom is -0.502 e. The van der Waals surface area contributed by atoms with Gasteiger partial charge in [0.05, 0.1) is 4.92 Å². The summed E-state index contributed by atoms with van der Waals surface area (Å²) in [5, 5.41) is 39.5. The number of carbonyl (C=O) groups is 1. The van der Waals surface area contributed by atoms with Crippen LogP contribution in [0.25, 0.3) is 0 Å². The van der Waals surface area contributed by atoms with E-state index in [0.717, 1.165) is 0 Å². The SMILES string of the molecule is O=C(O)C1=CC([N+](=O)[O-])(S(=O)(=O)O)CC([N+](=O)[O-])=C1O. The molecule has 0 aromatic heterocycles. The van der Waals surface area contributed by atoms with Crippen molar-refractivity contribution in [2.75, 3.05) is 0 Å². The van der Waals surface area contributed by atoms with Crippen LogP contribution in [-0.4, -0.2) is 43.9 Å². The first-order chi connectivity index (χ1) is 8.94. The maximum absolute atomic E-state index is 11.1. The topological polar surface area (TPSA) is 198 Å². The minimum atomic E-state index is -5.53. The molecule has 13 heteroatoms. The fraction of sp³-hybridized carbons (Fsp3) is 0.286. The standard InChI is InChI=1S/C7H6N2O10S/c10-5-3(6(11)12)1-7(9(15)16,20(17,18)19)2-4(5)8(13)14/h1,10H,2H2,(H,11,12)(H,17,18,19). The van der Waals surface area contributed by atoms with Crippen molar-refractivity contribution >= 4 is 16.1 Å². The second kappa shape index (κ2) is 4.53. The minimum absolute atomic E-state index is 0.0486. The Morgan fingerprint density at radius 1 is 1.35 bits per heavy atom. The normalized spacial score (nSPS) is 23.1. The van der Waals surface area contributed by atoms with Crippen LogP contribution in [0.3, 0.4) is 0 Å². The van der Waals surface area contributed by atoms with Gasteiger partial charge in [0.1, 0.15) is 12.0 Å². The summed E-state index contributed by atoms with van der Waals surface area (Å²) in [7, 11) is -5.53. The molecule has 0 amide bonds. The molecule has 110 valence electrons. The van der Waals surface area contributed by atoms with Gasteiger partial charge in [-0.3, -0.25) is 24.8 Å². The van der Waals surface area contributed by atoms with Crippen LogP contribution in [0.15, 0.2) is 23.1 Å². The monoisotopic (exact) mass is 310 g/mol. The highest BCUT2D eigenvalue weighted by molar-refractivity contribution is 7.87. The Labute approximate surface area is 109 Å². The van der Waals surface area contributed by atoms with Crippen molar-refractivity contribution in [3.63, 3.8) is 0 Å². The maximum atomic E-state index is 11.1. The number of nitro groups is 2. The average molecular weight is 310 g/mol. The van der Waals surface area contributed by atoms with Gasteiger partial charge >= 0.3 is 21.0 Å². The molecule has 3 N–H and O–H groups in total. The molecule has 0 heterocycles. The van der Waals surface area contributed by atoms with E-state index in [1.54, 1.807) is 0 Å². The number of aliphatic hydroxyl groups is 1. The highest BCUT2D eigenvalue weighted by Crippen LogP contribution is 2.36. The molecule has 20 heavy (non-hydrogen) atoms. The van der Waals surface area contributed by atoms with Crippen LogP contribution in [0.1, 0.15) is 6.42 Å². The van der Waals surface area contributed by atoms with E-state index in [1.165, 1.54) is 0 Å². The van der Waals surface area contributed by atoms with Crippen LogP contribution in [0, 0.1) is 20.2 Å². The van der Waals surface area contributed by atoms with Crippen molar-refractivity contribution in [3.05, 3.63) is 43.3 Å². The molecule has 0 saturated heterocycles. The molecule has 1 aliphatic rings. The quantitative estimate of drug-likeness (QED) is 0.339. The van der Waals surface area contributed by atoms with Crippen molar-refractivity contribution in [1.29, 1.82) is 0 Å². The molecule has 0 fully saturated rings. The number of carboxylic acid groups (broad SMARTS) is 1. The van der Waals surface area contributed by atoms with Gasteiger partial charge in [-0.05, 0) is 0 Å². The largest absolute Gasteiger partial charge is 0.502 e. The fourth-order valence-corrected chi connectivity index (χ4v) is 2.29. The van der Waals surface area contributed by atoms with Gasteiger partial charge < -0.3 is 10.2 Å². The third-order valence-electron chi connectivity index (χ3n) is 2.53. The molecule has 0 spiro atoms. The summed E-state index contributed by atoms with van der Waals surface area (Å²) in [5.41, 5.74) is -2.77. The molecule has 1 rings (SSSR count). The third kappa shape index (κ3) is 2.19. The summed E-state index contributed by atoms with van der Waals surface area (Å²) < 4.78 is 31.2. The zero-order valence-electron chi connectivity index (χ0n) is 9.29. The van der Waals surface area contributed by atoms with E-state index in [4.69, 9.17) is 9.66 Å². The van der Waals surface area contributed by atoms with Gasteiger partial charge in [0.15, 0.2) is 0 Å². The predicted octanol–water partition coefficient (Wildman–Crippen LogP) is -0.692. The molecule has 0 bridgehead atoms. The molecular formula is C7H6N2O10S. The molecule has 0 aliphatic heterocycles. The van der Waals surface area contributed by atoms with Crippen LogP contribution in [-0.2, 0) is 14.9 Å². The number of hydrogen-bond donors (Lipinski definition) is 3. The molecule has 0 aromatic rings. The number of hydrogen-bond acceptors (Lipinski definition) is 8. The van der Waals surface area contributed by atoms with Crippen LogP contribution >= 0.6 is 0 Å². The lowest BCUT2D eigenvalue weighted by Crippen LogP contribution is -2.47. The van der Waals surface area contributed by atoms with Gasteiger partial charge in [-0.2, -0.15) is 8.42 Å². The summed E-state index contributed by atoms with van der Waals surface area (Å²) in [6, 6.07) is 0. The molecular weight excluding hydrogens is 304 g/mol. The van der Waals surface area contributed by atoms with E-state index in [1.807, 2.05) is 0 Å². The highest BCUT2D eigenvalue weighted by Gasteiger charge is 2.60. The Morgan fingerprint density at radius 3 is 2.15 bits per heavy atom. The number of rotatable bonds is 4. The molecule has 1 aliphatic carbocycles. The van der Waals surface area contributed by atoms with Crippen molar-refractivity contribution in [2.24, 2.45) is 0 Å². The van der Waals surface area contributed by atoms with Gasteiger partial charge in [-0.1, -0.05) is 0 Å². The third-order valence-corrected chi connectivity index (χ3v) is 3.83. The van der Waals surface area contributed by atoms with Crippen LogP contribution in [0.5, 0.6) is 0 Å². The second-order valence-electron chi connectivity index (χ2n) is 3.67. The van der Waals surface area contributed by atoms with Gasteiger partial charge in [-0.15, -0.1) is 0 Å². The number of carboxylic acids is 1. The molecule has 0 aromatic carbocycles. The molecule has 1 atom stereocenters. The van der Waals surface area contributed by atoms with E-state index in [-0.39, 0.29) is 6.08 Å². The number of aliphatic carboxylic acids is 1. The Balaban J connectivity index is 3.75. The van der Waals surface area contributed by atoms with E-state index < -0.39 is 54.3 Å². The first-order valence-electron chi connectivity index (χ1n) is 4.58. The van der Waals surface area contributed by atoms with Crippen molar-refractivity contribution in [3.8, 4) is 0 Å². The van der Waals surface area contributed by atoms with E-state index in [0.29, 0.717) is 0 Å². The van der Waals surface area contributed by atoms with Gasteiger partial charge in [0.25, 0.3) is 5.70 Å². The van der Waals surface area contributed by atoms with E-state index in [9.17, 15) is 38.5 Å². The lowest BCUT2D eigenvalue weighted by atomic mass is 9.98. The Bertz CT molecular complexity index is 674. The van der Waals surface area contributed by atoms with Gasteiger partial charge in [-0.25, -0.2) is 4.79 Å². The molecule has 12 nitrogen and oxygen atoms in total. The Hall–Kier alpha value is -2.54. The van der Waals surface area contributed by atoms with E-state index in [2.05, 4.69) is 0 Å². The van der Waals surface area contributed by atoms with E-state index >= 15 is 0 Å². The first-order valence-corrected chi connectivity index (χ1v) is 6.02. The smallest absolute Gasteiger partial charge is 0.372 e. The van der Waals surface area contributed by atoms with Crippen LogP contribution < -0.4 is 0 Å². The van der Waals surface area contributed by atoms with Crippen molar-refractivity contribution in [1.82, 2.24) is 0 Å².